The van der Waals surface area contributed by atoms with E-state index in [1.54, 1.807) is 0 Å². The summed E-state index contributed by atoms with van der Waals surface area (Å²) >= 11 is 0. The molecule has 0 atom stereocenters. The lowest BCUT2D eigenvalue weighted by atomic mass is 9.81. The van der Waals surface area contributed by atoms with Gasteiger partial charge in [-0.1, -0.05) is 90.0 Å². The summed E-state index contributed by atoms with van der Waals surface area (Å²) in [5, 5.41) is 0. The van der Waals surface area contributed by atoms with E-state index in [1.807, 2.05) is 32.9 Å². The first kappa shape index (κ1) is 12.8. The molecule has 2 aromatic carbocycles. The normalized spacial score (nSPS) is 14.9. The SMILES string of the molecule is [2H]c1c([2H])c(C(C)(C)CC)c([2H])c([2H])c1Cc1ccc(C(C)(C)CC)cc1. The van der Waals surface area contributed by atoms with E-state index < -0.39 is 0 Å². The van der Waals surface area contributed by atoms with Crippen LogP contribution < -0.4 is 0 Å². The van der Waals surface area contributed by atoms with Gasteiger partial charge in [0.05, 0.1) is 5.48 Å². The van der Waals surface area contributed by atoms with E-state index in [0.717, 1.165) is 18.4 Å². The van der Waals surface area contributed by atoms with Gasteiger partial charge in [0.1, 0.15) is 0 Å². The van der Waals surface area contributed by atoms with Gasteiger partial charge in [-0.05, 0) is 52.3 Å². The van der Waals surface area contributed by atoms with Gasteiger partial charge in [-0.25, -0.2) is 0 Å². The Bertz CT molecular complexity index is 788. The van der Waals surface area contributed by atoms with E-state index in [-0.39, 0.29) is 35.0 Å². The van der Waals surface area contributed by atoms with Crippen LogP contribution >= 0.6 is 0 Å². The Balaban J connectivity index is 2.46. The minimum Gasteiger partial charge on any atom is -0.0646 e. The molecule has 0 aromatic heterocycles. The van der Waals surface area contributed by atoms with E-state index in [9.17, 15) is 0 Å². The van der Waals surface area contributed by atoms with Crippen LogP contribution in [0, 0.1) is 0 Å². The molecule has 0 unspecified atom stereocenters. The zero-order valence-corrected chi connectivity index (χ0v) is 15.4. The maximum absolute atomic E-state index is 8.46. The van der Waals surface area contributed by atoms with Crippen molar-refractivity contribution in [3.8, 4) is 0 Å². The van der Waals surface area contributed by atoms with Crippen LogP contribution in [0.15, 0.2) is 48.4 Å². The second kappa shape index (κ2) is 6.91. The summed E-state index contributed by atoms with van der Waals surface area (Å²) < 4.78 is 33.8. The van der Waals surface area contributed by atoms with Crippen molar-refractivity contribution in [1.82, 2.24) is 0 Å². The van der Waals surface area contributed by atoms with Crippen molar-refractivity contribution < 1.29 is 5.48 Å². The molecule has 0 saturated carbocycles. The van der Waals surface area contributed by atoms with Gasteiger partial charge in [-0.3, -0.25) is 0 Å². The maximum Gasteiger partial charge on any atom is 0.0626 e. The van der Waals surface area contributed by atoms with Gasteiger partial charge >= 0.3 is 0 Å². The second-order valence-electron chi connectivity index (χ2n) is 7.70. The zero-order valence-electron chi connectivity index (χ0n) is 19.4. The molecule has 0 bridgehead atoms. The summed E-state index contributed by atoms with van der Waals surface area (Å²) in [5.74, 6) is 0. The highest BCUT2D eigenvalue weighted by molar-refractivity contribution is 5.34. The van der Waals surface area contributed by atoms with Crippen LogP contribution in [0.4, 0.5) is 0 Å². The average molecular weight is 313 g/mol. The maximum atomic E-state index is 8.46. The van der Waals surface area contributed by atoms with Crippen molar-refractivity contribution in [2.24, 2.45) is 0 Å². The Morgan fingerprint density at radius 2 is 1.17 bits per heavy atom. The van der Waals surface area contributed by atoms with Crippen molar-refractivity contribution in [1.29, 1.82) is 0 Å². The molecule has 2 rings (SSSR count). The smallest absolute Gasteiger partial charge is 0.0626 e. The van der Waals surface area contributed by atoms with Crippen molar-refractivity contribution >= 4 is 0 Å². The van der Waals surface area contributed by atoms with Crippen molar-refractivity contribution in [2.75, 3.05) is 0 Å². The van der Waals surface area contributed by atoms with Crippen LogP contribution in [0.5, 0.6) is 0 Å². The molecular weight excluding hydrogens is 276 g/mol. The van der Waals surface area contributed by atoms with E-state index in [1.165, 1.54) is 5.56 Å². The molecule has 124 valence electrons. The molecule has 2 aromatic rings. The lowest BCUT2D eigenvalue weighted by molar-refractivity contribution is 0.506. The lowest BCUT2D eigenvalue weighted by Crippen LogP contribution is -2.15. The van der Waals surface area contributed by atoms with Gasteiger partial charge in [0, 0.05) is 0 Å². The van der Waals surface area contributed by atoms with Crippen LogP contribution in [0.1, 0.15) is 82.1 Å². The molecule has 0 nitrogen and oxygen atoms in total. The quantitative estimate of drug-likeness (QED) is 0.560. The molecule has 0 amide bonds. The van der Waals surface area contributed by atoms with E-state index >= 15 is 0 Å². The molecule has 0 spiro atoms. The van der Waals surface area contributed by atoms with Crippen molar-refractivity contribution in [2.45, 2.75) is 71.6 Å². The van der Waals surface area contributed by atoms with E-state index in [0.29, 0.717) is 17.5 Å². The molecule has 0 heteroatoms. The van der Waals surface area contributed by atoms with Crippen LogP contribution in [0.3, 0.4) is 0 Å². The first-order valence-corrected chi connectivity index (χ1v) is 8.65. The Morgan fingerprint density at radius 3 is 1.65 bits per heavy atom. The third kappa shape index (κ3) is 4.25. The number of hydrogen-bond donors (Lipinski definition) is 0. The van der Waals surface area contributed by atoms with E-state index in [4.69, 9.17) is 5.48 Å². The summed E-state index contributed by atoms with van der Waals surface area (Å²) in [4.78, 5) is 0. The summed E-state index contributed by atoms with van der Waals surface area (Å²) in [6, 6.07) is 8.69. The average Bonchev–Trinajstić information content (AvgIpc) is 2.64. The standard InChI is InChI=1S/C23H32/c1-7-22(3,4)20-13-9-18(10-14-20)17-19-11-15-21(16-12-19)23(5,6)8-2/h9-16H,7-8,17H2,1-6H3/i9D,10D,13D,14D. The summed E-state index contributed by atoms with van der Waals surface area (Å²) in [6.45, 7) is 12.6. The molecule has 0 radical (unpaired) electrons. The Labute approximate surface area is 148 Å². The van der Waals surface area contributed by atoms with Gasteiger partial charge in [0.25, 0.3) is 0 Å². The molecular formula is C23H32. The van der Waals surface area contributed by atoms with Crippen LogP contribution in [-0.4, -0.2) is 0 Å². The number of rotatable bonds is 6. The molecule has 0 aliphatic heterocycles. The molecule has 23 heavy (non-hydrogen) atoms. The molecule has 0 saturated heterocycles. The summed E-state index contributed by atoms with van der Waals surface area (Å²) in [6.07, 6.45) is 2.23. The Hall–Kier alpha value is -1.56. The molecule has 0 N–H and O–H groups in total. The van der Waals surface area contributed by atoms with Gasteiger partial charge in [0.15, 0.2) is 0 Å². The highest BCUT2D eigenvalue weighted by atomic mass is 14.2. The van der Waals surface area contributed by atoms with Crippen LogP contribution in [0.2, 0.25) is 0 Å². The number of hydrogen-bond acceptors (Lipinski definition) is 0. The lowest BCUT2D eigenvalue weighted by Gasteiger charge is -2.24. The predicted octanol–water partition coefficient (Wildman–Crippen LogP) is 6.65. The number of benzene rings is 2. The van der Waals surface area contributed by atoms with Gasteiger partial charge < -0.3 is 0 Å². The van der Waals surface area contributed by atoms with Gasteiger partial charge in [-0.15, -0.1) is 0 Å². The highest BCUT2D eigenvalue weighted by Crippen LogP contribution is 2.28. The van der Waals surface area contributed by atoms with Crippen molar-refractivity contribution in [3.05, 3.63) is 70.7 Å². The third-order valence-electron chi connectivity index (χ3n) is 5.24. The van der Waals surface area contributed by atoms with Gasteiger partial charge in [-0.2, -0.15) is 0 Å². The Morgan fingerprint density at radius 1 is 0.696 bits per heavy atom. The molecule has 0 aliphatic carbocycles. The molecule has 0 aliphatic rings. The predicted molar refractivity (Wildman–Crippen MR) is 102 cm³/mol. The Kier molecular flexibility index (Phi) is 3.85. The fourth-order valence-electron chi connectivity index (χ4n) is 2.42. The van der Waals surface area contributed by atoms with Crippen LogP contribution in [0.25, 0.3) is 0 Å². The van der Waals surface area contributed by atoms with Gasteiger partial charge in [0.2, 0.25) is 0 Å². The summed E-state index contributed by atoms with van der Waals surface area (Å²) in [7, 11) is 0. The fraction of sp³-hybridized carbons (Fsp3) is 0.478. The molecule has 0 fully saturated rings. The fourth-order valence-corrected chi connectivity index (χ4v) is 2.42. The minimum atomic E-state index is -0.383. The summed E-state index contributed by atoms with van der Waals surface area (Å²) in [5.41, 5.74) is 3.01. The largest absolute Gasteiger partial charge is 0.0646 e. The topological polar surface area (TPSA) is 0 Å². The zero-order chi connectivity index (χ0) is 20.6. The first-order valence-electron chi connectivity index (χ1n) is 10.6. The second-order valence-corrected chi connectivity index (χ2v) is 7.70. The highest BCUT2D eigenvalue weighted by Gasteiger charge is 2.18. The first-order chi connectivity index (χ1) is 12.5. The van der Waals surface area contributed by atoms with E-state index in [2.05, 4.69) is 32.9 Å². The van der Waals surface area contributed by atoms with Crippen molar-refractivity contribution in [3.63, 3.8) is 0 Å². The minimum absolute atomic E-state index is 0.0884. The monoisotopic (exact) mass is 312 g/mol. The third-order valence-corrected chi connectivity index (χ3v) is 5.24. The van der Waals surface area contributed by atoms with Crippen LogP contribution in [-0.2, 0) is 17.3 Å². The molecule has 0 heterocycles.